The Morgan fingerprint density at radius 3 is 2.41 bits per heavy atom. The van der Waals surface area contributed by atoms with Gasteiger partial charge in [0, 0.05) is 12.2 Å². The normalized spacial score (nSPS) is 11.3. The molecule has 1 N–H and O–H groups in total. The average Bonchev–Trinajstić information content (AvgIpc) is 3.11. The summed E-state index contributed by atoms with van der Waals surface area (Å²) in [7, 11) is 0. The number of aryl methyl sites for hydroxylation is 2. The largest absolute Gasteiger partial charge is 0.323 e. The number of anilines is 1. The number of carbonyl (C=O) groups is 1. The maximum atomic E-state index is 12.7. The number of thioether (sulfide) groups is 1. The van der Waals surface area contributed by atoms with Gasteiger partial charge in [-0.05, 0) is 45.7 Å². The number of imidazole rings is 1. The van der Waals surface area contributed by atoms with Crippen molar-refractivity contribution in [2.45, 2.75) is 53.2 Å². The Bertz CT molecular complexity index is 1000. The first-order valence-corrected chi connectivity index (χ1v) is 10.8. The lowest BCUT2D eigenvalue weighted by Gasteiger charge is -2.12. The minimum atomic E-state index is -0.0526. The minimum absolute atomic E-state index is 0.0526. The average molecular weight is 412 g/mol. The van der Waals surface area contributed by atoms with Crippen LogP contribution in [0.25, 0.3) is 5.69 Å². The van der Waals surface area contributed by atoms with Crippen LogP contribution in [0.1, 0.15) is 36.6 Å². The third-order valence-corrected chi connectivity index (χ3v) is 5.84. The molecule has 29 heavy (non-hydrogen) atoms. The zero-order chi connectivity index (χ0) is 21.1. The molecule has 0 aliphatic rings. The van der Waals surface area contributed by atoms with Crippen LogP contribution in [0.5, 0.6) is 0 Å². The van der Waals surface area contributed by atoms with Gasteiger partial charge in [0.05, 0.1) is 34.2 Å². The molecule has 0 spiro atoms. The van der Waals surface area contributed by atoms with Crippen LogP contribution in [0.15, 0.2) is 35.5 Å². The Morgan fingerprint density at radius 1 is 1.07 bits per heavy atom. The molecule has 0 saturated heterocycles. The van der Waals surface area contributed by atoms with Crippen molar-refractivity contribution in [2.24, 2.45) is 5.92 Å². The fourth-order valence-electron chi connectivity index (χ4n) is 3.26. The second kappa shape index (κ2) is 8.86. The number of carbonyl (C=O) groups excluding carboxylic acids is 1. The Kier molecular flexibility index (Phi) is 6.47. The van der Waals surface area contributed by atoms with Gasteiger partial charge in [-0.2, -0.15) is 5.10 Å². The predicted molar refractivity (Wildman–Crippen MR) is 119 cm³/mol. The number of nitrogens with zero attached hydrogens (tertiary/aromatic N) is 4. The van der Waals surface area contributed by atoms with Gasteiger partial charge in [0.25, 0.3) is 0 Å². The SMILES string of the molecule is Cc1nn(-c2ccccc2)c(C)c1NC(=O)CSc1nc(C)c(C)n1CC(C)C. The van der Waals surface area contributed by atoms with Gasteiger partial charge in [-0.3, -0.25) is 4.79 Å². The first kappa shape index (κ1) is 21.2. The van der Waals surface area contributed by atoms with Gasteiger partial charge in [-0.1, -0.05) is 43.8 Å². The van der Waals surface area contributed by atoms with E-state index in [4.69, 9.17) is 0 Å². The van der Waals surface area contributed by atoms with E-state index in [0.717, 1.165) is 45.9 Å². The molecule has 3 rings (SSSR count). The molecule has 0 saturated carbocycles. The first-order chi connectivity index (χ1) is 13.8. The quantitative estimate of drug-likeness (QED) is 0.573. The fourth-order valence-corrected chi connectivity index (χ4v) is 4.16. The summed E-state index contributed by atoms with van der Waals surface area (Å²) in [6, 6.07) is 9.93. The summed E-state index contributed by atoms with van der Waals surface area (Å²) in [5.41, 5.74) is 5.65. The molecular weight excluding hydrogens is 382 g/mol. The molecule has 0 aliphatic carbocycles. The van der Waals surface area contributed by atoms with Crippen molar-refractivity contribution in [3.05, 3.63) is 53.1 Å². The minimum Gasteiger partial charge on any atom is -0.323 e. The third kappa shape index (κ3) is 4.72. The van der Waals surface area contributed by atoms with Crippen molar-refractivity contribution in [2.75, 3.05) is 11.1 Å². The molecule has 0 atom stereocenters. The van der Waals surface area contributed by atoms with Gasteiger partial charge < -0.3 is 9.88 Å². The maximum Gasteiger partial charge on any atom is 0.234 e. The van der Waals surface area contributed by atoms with Crippen LogP contribution in [0, 0.1) is 33.6 Å². The van der Waals surface area contributed by atoms with E-state index in [9.17, 15) is 4.79 Å². The third-order valence-electron chi connectivity index (χ3n) is 4.86. The van der Waals surface area contributed by atoms with E-state index in [0.29, 0.717) is 11.7 Å². The molecule has 0 bridgehead atoms. The van der Waals surface area contributed by atoms with E-state index in [2.05, 4.69) is 40.7 Å². The molecule has 154 valence electrons. The summed E-state index contributed by atoms with van der Waals surface area (Å²) in [5, 5.41) is 8.53. The molecule has 1 aromatic carbocycles. The molecule has 1 amide bonds. The predicted octanol–water partition coefficient (Wildman–Crippen LogP) is 4.69. The van der Waals surface area contributed by atoms with Crippen molar-refractivity contribution in [1.29, 1.82) is 0 Å². The van der Waals surface area contributed by atoms with E-state index in [1.54, 1.807) is 0 Å². The van der Waals surface area contributed by atoms with Crippen LogP contribution in [0.2, 0.25) is 0 Å². The molecule has 3 aromatic rings. The molecule has 7 heteroatoms. The Morgan fingerprint density at radius 2 is 1.76 bits per heavy atom. The molecule has 2 aromatic heterocycles. The Labute approximate surface area is 176 Å². The summed E-state index contributed by atoms with van der Waals surface area (Å²) in [5.74, 6) is 0.774. The zero-order valence-electron chi connectivity index (χ0n) is 18.0. The summed E-state index contributed by atoms with van der Waals surface area (Å²) in [6.45, 7) is 13.3. The monoisotopic (exact) mass is 411 g/mol. The molecule has 0 aliphatic heterocycles. The van der Waals surface area contributed by atoms with Gasteiger partial charge in [-0.25, -0.2) is 9.67 Å². The van der Waals surface area contributed by atoms with Crippen molar-refractivity contribution >= 4 is 23.4 Å². The van der Waals surface area contributed by atoms with Gasteiger partial charge >= 0.3 is 0 Å². The van der Waals surface area contributed by atoms with Crippen LogP contribution in [0.4, 0.5) is 5.69 Å². The number of benzene rings is 1. The van der Waals surface area contributed by atoms with Crippen molar-refractivity contribution < 1.29 is 4.79 Å². The van der Waals surface area contributed by atoms with Crippen molar-refractivity contribution in [1.82, 2.24) is 19.3 Å². The van der Waals surface area contributed by atoms with Gasteiger partial charge in [0.2, 0.25) is 5.91 Å². The first-order valence-electron chi connectivity index (χ1n) is 9.86. The molecular formula is C22H29N5OS. The van der Waals surface area contributed by atoms with Crippen molar-refractivity contribution in [3.63, 3.8) is 0 Å². The Hall–Kier alpha value is -2.54. The second-order valence-electron chi connectivity index (χ2n) is 7.70. The topological polar surface area (TPSA) is 64.7 Å². The highest BCUT2D eigenvalue weighted by molar-refractivity contribution is 7.99. The number of rotatable bonds is 7. The van der Waals surface area contributed by atoms with Gasteiger partial charge in [0.15, 0.2) is 5.16 Å². The van der Waals surface area contributed by atoms with Crippen LogP contribution in [-0.4, -0.2) is 31.0 Å². The van der Waals surface area contributed by atoms with E-state index in [-0.39, 0.29) is 5.91 Å². The lowest BCUT2D eigenvalue weighted by atomic mass is 10.2. The lowest BCUT2D eigenvalue weighted by molar-refractivity contribution is -0.113. The lowest BCUT2D eigenvalue weighted by Crippen LogP contribution is -2.16. The summed E-state index contributed by atoms with van der Waals surface area (Å²) in [4.78, 5) is 17.3. The number of hydrogen-bond acceptors (Lipinski definition) is 4. The van der Waals surface area contributed by atoms with E-state index < -0.39 is 0 Å². The number of hydrogen-bond donors (Lipinski definition) is 1. The number of para-hydroxylation sites is 1. The zero-order valence-corrected chi connectivity index (χ0v) is 18.8. The maximum absolute atomic E-state index is 12.7. The number of aromatic nitrogens is 4. The highest BCUT2D eigenvalue weighted by Crippen LogP contribution is 2.25. The summed E-state index contributed by atoms with van der Waals surface area (Å²) >= 11 is 1.48. The van der Waals surface area contributed by atoms with E-state index in [1.807, 2.05) is 55.8 Å². The molecule has 6 nitrogen and oxygen atoms in total. The second-order valence-corrected chi connectivity index (χ2v) is 8.64. The highest BCUT2D eigenvalue weighted by atomic mass is 32.2. The molecule has 2 heterocycles. The van der Waals surface area contributed by atoms with Crippen molar-refractivity contribution in [3.8, 4) is 5.69 Å². The molecule has 0 unspecified atom stereocenters. The Balaban J connectivity index is 1.71. The number of nitrogens with one attached hydrogen (secondary N) is 1. The van der Waals surface area contributed by atoms with Crippen LogP contribution in [-0.2, 0) is 11.3 Å². The van der Waals surface area contributed by atoms with E-state index >= 15 is 0 Å². The summed E-state index contributed by atoms with van der Waals surface area (Å²) < 4.78 is 4.07. The smallest absolute Gasteiger partial charge is 0.234 e. The van der Waals surface area contributed by atoms with Crippen LogP contribution < -0.4 is 5.32 Å². The fraction of sp³-hybridized carbons (Fsp3) is 0.409. The molecule has 0 fully saturated rings. The van der Waals surface area contributed by atoms with E-state index in [1.165, 1.54) is 11.8 Å². The highest BCUT2D eigenvalue weighted by Gasteiger charge is 2.17. The van der Waals surface area contributed by atoms with Gasteiger partial charge in [0.1, 0.15) is 0 Å². The number of amides is 1. The molecule has 0 radical (unpaired) electrons. The standard InChI is InChI=1S/C22H29N5OS/c1-14(2)12-26-17(5)15(3)23-22(26)29-13-20(28)24-21-16(4)25-27(18(21)6)19-10-8-7-9-11-19/h7-11,14H,12-13H2,1-6H3,(H,24,28). The van der Waals surface area contributed by atoms with Gasteiger partial charge in [-0.15, -0.1) is 0 Å². The summed E-state index contributed by atoms with van der Waals surface area (Å²) in [6.07, 6.45) is 0. The van der Waals surface area contributed by atoms with Crippen LogP contribution >= 0.6 is 11.8 Å². The van der Waals surface area contributed by atoms with Crippen LogP contribution in [0.3, 0.4) is 0 Å².